The van der Waals surface area contributed by atoms with Crippen LogP contribution < -0.4 is 9.46 Å². The van der Waals surface area contributed by atoms with Gasteiger partial charge in [-0.15, -0.1) is 0 Å². The largest absolute Gasteiger partial charge is 0.496 e. The minimum absolute atomic E-state index is 0.0815. The van der Waals surface area contributed by atoms with E-state index in [9.17, 15) is 13.2 Å². The maximum atomic E-state index is 12.9. The first-order valence-electron chi connectivity index (χ1n) is 8.59. The number of carbonyl (C=O) groups is 1. The predicted octanol–water partition coefficient (Wildman–Crippen LogP) is 3.80. The molecule has 0 bridgehead atoms. The number of ether oxygens (including phenoxy) is 1. The van der Waals surface area contributed by atoms with Crippen molar-refractivity contribution in [2.24, 2.45) is 0 Å². The number of benzene rings is 2. The Labute approximate surface area is 167 Å². The van der Waals surface area contributed by atoms with Gasteiger partial charge in [-0.3, -0.25) is 9.52 Å². The molecule has 0 saturated carbocycles. The number of aryl methyl sites for hydroxylation is 1. The van der Waals surface area contributed by atoms with E-state index in [0.29, 0.717) is 40.1 Å². The number of rotatable bonds is 5. The van der Waals surface area contributed by atoms with Crippen molar-refractivity contribution < 1.29 is 17.9 Å². The molecule has 1 aliphatic heterocycles. The molecule has 6 nitrogen and oxygen atoms in total. The fourth-order valence-corrected chi connectivity index (χ4v) is 4.95. The fourth-order valence-electron chi connectivity index (χ4n) is 3.08. The van der Waals surface area contributed by atoms with Crippen LogP contribution in [0.4, 0.5) is 5.69 Å². The number of amides is 1. The highest BCUT2D eigenvalue weighted by Crippen LogP contribution is 2.30. The van der Waals surface area contributed by atoms with Crippen LogP contribution in [-0.4, -0.2) is 39.4 Å². The van der Waals surface area contributed by atoms with E-state index in [1.54, 1.807) is 36.1 Å². The van der Waals surface area contributed by atoms with Crippen LogP contribution >= 0.6 is 15.9 Å². The summed E-state index contributed by atoms with van der Waals surface area (Å²) in [6, 6.07) is 9.72. The van der Waals surface area contributed by atoms with Gasteiger partial charge in [0.25, 0.3) is 15.9 Å². The summed E-state index contributed by atoms with van der Waals surface area (Å²) in [7, 11) is -2.36. The van der Waals surface area contributed by atoms with E-state index in [0.717, 1.165) is 12.8 Å². The summed E-state index contributed by atoms with van der Waals surface area (Å²) in [5.41, 5.74) is 1.38. The van der Waals surface area contributed by atoms with Gasteiger partial charge in [0.05, 0.1) is 27.7 Å². The number of anilines is 1. The highest BCUT2D eigenvalue weighted by Gasteiger charge is 2.25. The van der Waals surface area contributed by atoms with Crippen LogP contribution in [0, 0.1) is 6.92 Å². The van der Waals surface area contributed by atoms with Crippen LogP contribution in [0.1, 0.15) is 28.8 Å². The number of hydrogen-bond donors (Lipinski definition) is 1. The molecule has 2 aromatic carbocycles. The van der Waals surface area contributed by atoms with E-state index in [1.807, 2.05) is 0 Å². The van der Waals surface area contributed by atoms with Gasteiger partial charge >= 0.3 is 0 Å². The Morgan fingerprint density at radius 3 is 2.52 bits per heavy atom. The minimum atomic E-state index is -3.87. The fraction of sp³-hybridized carbons (Fsp3) is 0.316. The lowest BCUT2D eigenvalue weighted by Crippen LogP contribution is -2.29. The van der Waals surface area contributed by atoms with Crippen molar-refractivity contribution in [1.82, 2.24) is 4.90 Å². The summed E-state index contributed by atoms with van der Waals surface area (Å²) in [5.74, 6) is 0.388. The monoisotopic (exact) mass is 452 g/mol. The molecule has 0 unspecified atom stereocenters. The lowest BCUT2D eigenvalue weighted by molar-refractivity contribution is 0.0794. The molecule has 0 radical (unpaired) electrons. The molecule has 0 aliphatic carbocycles. The molecule has 0 atom stereocenters. The number of hydrogen-bond acceptors (Lipinski definition) is 4. The number of nitrogens with zero attached hydrogens (tertiary/aromatic N) is 1. The zero-order valence-electron chi connectivity index (χ0n) is 15.2. The van der Waals surface area contributed by atoms with Crippen molar-refractivity contribution in [3.05, 3.63) is 52.0 Å². The third-order valence-electron chi connectivity index (χ3n) is 4.57. The summed E-state index contributed by atoms with van der Waals surface area (Å²) in [5, 5.41) is 0. The predicted molar refractivity (Wildman–Crippen MR) is 108 cm³/mol. The topological polar surface area (TPSA) is 75.7 Å². The molecule has 0 spiro atoms. The second-order valence-corrected chi connectivity index (χ2v) is 8.94. The molecule has 1 N–H and O–H groups in total. The second kappa shape index (κ2) is 7.90. The van der Waals surface area contributed by atoms with E-state index >= 15 is 0 Å². The zero-order valence-corrected chi connectivity index (χ0v) is 17.6. The van der Waals surface area contributed by atoms with Gasteiger partial charge in [0.1, 0.15) is 5.75 Å². The van der Waals surface area contributed by atoms with Gasteiger partial charge in [0.2, 0.25) is 0 Å². The van der Waals surface area contributed by atoms with E-state index in [1.165, 1.54) is 19.2 Å². The van der Waals surface area contributed by atoms with Gasteiger partial charge in [-0.25, -0.2) is 8.42 Å². The van der Waals surface area contributed by atoms with Crippen LogP contribution in [0.15, 0.2) is 45.8 Å². The standard InChI is InChI=1S/C19H21BrN2O4S/c1-13-6-5-7-15(19(23)22-10-3-4-11-22)18(13)21-27(24,25)14-8-9-17(26-2)16(20)12-14/h5-9,12,21H,3-4,10-11H2,1-2H3. The summed E-state index contributed by atoms with van der Waals surface area (Å²) in [6.07, 6.45) is 1.94. The first-order chi connectivity index (χ1) is 12.8. The van der Waals surface area contributed by atoms with Crippen molar-refractivity contribution in [2.75, 3.05) is 24.9 Å². The molecule has 144 valence electrons. The maximum absolute atomic E-state index is 12.9. The Hall–Kier alpha value is -2.06. The van der Waals surface area contributed by atoms with Gasteiger partial charge in [0.15, 0.2) is 0 Å². The minimum Gasteiger partial charge on any atom is -0.496 e. The number of para-hydroxylation sites is 1. The molecular weight excluding hydrogens is 432 g/mol. The summed E-state index contributed by atoms with van der Waals surface area (Å²) in [6.45, 7) is 3.18. The molecule has 1 heterocycles. The van der Waals surface area contributed by atoms with E-state index in [2.05, 4.69) is 20.7 Å². The van der Waals surface area contributed by atoms with Gasteiger partial charge in [-0.05, 0) is 65.5 Å². The molecule has 3 rings (SSSR count). The van der Waals surface area contributed by atoms with Crippen LogP contribution in [0.3, 0.4) is 0 Å². The smallest absolute Gasteiger partial charge is 0.261 e. The van der Waals surface area contributed by atoms with E-state index in [4.69, 9.17) is 4.74 Å². The molecular formula is C19H21BrN2O4S. The lowest BCUT2D eigenvalue weighted by atomic mass is 10.1. The van der Waals surface area contributed by atoms with Crippen LogP contribution in [0.2, 0.25) is 0 Å². The van der Waals surface area contributed by atoms with Crippen LogP contribution in [0.5, 0.6) is 5.75 Å². The van der Waals surface area contributed by atoms with E-state index < -0.39 is 10.0 Å². The number of sulfonamides is 1. The summed E-state index contributed by atoms with van der Waals surface area (Å²) >= 11 is 3.30. The normalized spacial score (nSPS) is 14.3. The molecule has 1 saturated heterocycles. The van der Waals surface area contributed by atoms with Gasteiger partial charge in [-0.1, -0.05) is 12.1 Å². The number of nitrogens with one attached hydrogen (secondary N) is 1. The average molecular weight is 453 g/mol. The Morgan fingerprint density at radius 2 is 1.89 bits per heavy atom. The third-order valence-corrected chi connectivity index (χ3v) is 6.53. The highest BCUT2D eigenvalue weighted by atomic mass is 79.9. The average Bonchev–Trinajstić information content (AvgIpc) is 3.17. The van der Waals surface area contributed by atoms with Crippen molar-refractivity contribution in [3.8, 4) is 5.75 Å². The van der Waals surface area contributed by atoms with Crippen molar-refractivity contribution in [2.45, 2.75) is 24.7 Å². The number of methoxy groups -OCH3 is 1. The third kappa shape index (κ3) is 4.11. The van der Waals surface area contributed by atoms with Gasteiger partial charge in [-0.2, -0.15) is 0 Å². The Balaban J connectivity index is 1.97. The second-order valence-electron chi connectivity index (χ2n) is 6.40. The quantitative estimate of drug-likeness (QED) is 0.748. The van der Waals surface area contributed by atoms with Gasteiger partial charge < -0.3 is 9.64 Å². The molecule has 0 aromatic heterocycles. The SMILES string of the molecule is COc1ccc(S(=O)(=O)Nc2c(C)cccc2C(=O)N2CCCC2)cc1Br. The molecule has 1 amide bonds. The first kappa shape index (κ1) is 19.7. The van der Waals surface area contributed by atoms with Crippen molar-refractivity contribution >= 4 is 37.5 Å². The Kier molecular flexibility index (Phi) is 5.76. The number of carbonyl (C=O) groups excluding carboxylic acids is 1. The molecule has 8 heteroatoms. The molecule has 1 fully saturated rings. The Bertz CT molecular complexity index is 970. The number of halogens is 1. The highest BCUT2D eigenvalue weighted by molar-refractivity contribution is 9.10. The lowest BCUT2D eigenvalue weighted by Gasteiger charge is -2.20. The molecule has 27 heavy (non-hydrogen) atoms. The molecule has 2 aromatic rings. The van der Waals surface area contributed by atoms with Crippen molar-refractivity contribution in [1.29, 1.82) is 0 Å². The summed E-state index contributed by atoms with van der Waals surface area (Å²) < 4.78 is 34.1. The van der Waals surface area contributed by atoms with E-state index in [-0.39, 0.29) is 10.8 Å². The van der Waals surface area contributed by atoms with Crippen LogP contribution in [-0.2, 0) is 10.0 Å². The number of likely N-dealkylation sites (tertiary alicyclic amines) is 1. The Morgan fingerprint density at radius 1 is 1.19 bits per heavy atom. The van der Waals surface area contributed by atoms with Gasteiger partial charge in [0, 0.05) is 13.1 Å². The maximum Gasteiger partial charge on any atom is 0.261 e. The summed E-state index contributed by atoms with van der Waals surface area (Å²) in [4.78, 5) is 14.7. The van der Waals surface area contributed by atoms with Crippen LogP contribution in [0.25, 0.3) is 0 Å². The first-order valence-corrected chi connectivity index (χ1v) is 10.9. The molecule has 1 aliphatic rings. The zero-order chi connectivity index (χ0) is 19.6. The van der Waals surface area contributed by atoms with Crippen molar-refractivity contribution in [3.63, 3.8) is 0 Å².